The van der Waals surface area contributed by atoms with Crippen molar-refractivity contribution in [1.82, 2.24) is 9.55 Å². The lowest BCUT2D eigenvalue weighted by Gasteiger charge is -2.17. The predicted octanol–water partition coefficient (Wildman–Crippen LogP) is 5.48. The largest absolute Gasteiger partial charge is 0.497 e. The Balaban J connectivity index is 1.74. The van der Waals surface area contributed by atoms with Gasteiger partial charge in [0.1, 0.15) is 5.75 Å². The van der Waals surface area contributed by atoms with E-state index in [4.69, 9.17) is 21.3 Å². The highest BCUT2D eigenvalue weighted by molar-refractivity contribution is 8.00. The molecule has 0 bridgehead atoms. The fourth-order valence-electron chi connectivity index (χ4n) is 3.34. The summed E-state index contributed by atoms with van der Waals surface area (Å²) in [5.41, 5.74) is 2.52. The molecule has 6 nitrogen and oxygen atoms in total. The first-order valence-electron chi connectivity index (χ1n) is 10.3. The van der Waals surface area contributed by atoms with Gasteiger partial charge >= 0.3 is 0 Å². The van der Waals surface area contributed by atoms with Gasteiger partial charge in [0.05, 0.1) is 29.0 Å². The Morgan fingerprint density at radius 2 is 1.91 bits per heavy atom. The number of hydrogen-bond acceptors (Lipinski definition) is 5. The quantitative estimate of drug-likeness (QED) is 0.293. The third-order valence-corrected chi connectivity index (χ3v) is 6.45. The normalized spacial score (nSPS) is 11.9. The smallest absolute Gasteiger partial charge is 0.266 e. The van der Waals surface area contributed by atoms with Crippen LogP contribution < -0.4 is 15.6 Å². The molecule has 1 unspecified atom stereocenters. The molecule has 0 aliphatic rings. The number of ether oxygens (including phenoxy) is 1. The zero-order chi connectivity index (χ0) is 23.5. The number of thioether (sulfide) groups is 1. The van der Waals surface area contributed by atoms with E-state index >= 15 is 0 Å². The monoisotopic (exact) mass is 479 g/mol. The van der Waals surface area contributed by atoms with Crippen molar-refractivity contribution in [2.24, 2.45) is 0 Å². The van der Waals surface area contributed by atoms with Gasteiger partial charge in [0.2, 0.25) is 5.91 Å². The van der Waals surface area contributed by atoms with Gasteiger partial charge in [-0.2, -0.15) is 0 Å². The molecule has 168 valence electrons. The second-order valence-electron chi connectivity index (χ2n) is 7.46. The van der Waals surface area contributed by atoms with E-state index in [1.54, 1.807) is 56.5 Å². The number of methoxy groups -OCH3 is 1. The number of fused-ring (bicyclic) bond motifs is 1. The summed E-state index contributed by atoms with van der Waals surface area (Å²) in [6.07, 6.45) is 0. The second-order valence-corrected chi connectivity index (χ2v) is 9.21. The molecule has 1 aromatic heterocycles. The number of rotatable bonds is 6. The molecule has 1 amide bonds. The summed E-state index contributed by atoms with van der Waals surface area (Å²) >= 11 is 7.29. The molecule has 0 saturated heterocycles. The standard InChI is InChI=1S/C25H22ClN3O3S/c1-15-11-12-17(26)13-22(15)27-23(30)16(2)33-25-28-21-10-5-4-9-20(21)24(31)29(25)18-7-6-8-19(14-18)32-3/h4-14,16H,1-3H3,(H,27,30). The number of carbonyl (C=O) groups excluding carboxylic acids is 1. The number of para-hydroxylation sites is 1. The van der Waals surface area contributed by atoms with Crippen LogP contribution in [-0.4, -0.2) is 27.8 Å². The summed E-state index contributed by atoms with van der Waals surface area (Å²) in [4.78, 5) is 31.1. The van der Waals surface area contributed by atoms with Crippen LogP contribution in [0, 0.1) is 6.92 Å². The topological polar surface area (TPSA) is 73.2 Å². The molecule has 0 aliphatic carbocycles. The number of nitrogens with one attached hydrogen (secondary N) is 1. The van der Waals surface area contributed by atoms with Gasteiger partial charge in [-0.1, -0.05) is 47.6 Å². The van der Waals surface area contributed by atoms with E-state index in [9.17, 15) is 9.59 Å². The van der Waals surface area contributed by atoms with Crippen molar-refractivity contribution in [2.45, 2.75) is 24.3 Å². The first-order chi connectivity index (χ1) is 15.9. The Bertz CT molecular complexity index is 1400. The van der Waals surface area contributed by atoms with Crippen LogP contribution in [0.25, 0.3) is 16.6 Å². The maximum Gasteiger partial charge on any atom is 0.266 e. The van der Waals surface area contributed by atoms with Crippen LogP contribution in [0.4, 0.5) is 5.69 Å². The minimum atomic E-state index is -0.534. The van der Waals surface area contributed by atoms with Crippen molar-refractivity contribution in [3.05, 3.63) is 87.7 Å². The summed E-state index contributed by atoms with van der Waals surface area (Å²) < 4.78 is 6.85. The van der Waals surface area contributed by atoms with Gasteiger partial charge in [-0.15, -0.1) is 0 Å². The van der Waals surface area contributed by atoms with E-state index in [1.165, 1.54) is 16.3 Å². The maximum absolute atomic E-state index is 13.4. The van der Waals surface area contributed by atoms with Gasteiger partial charge in [-0.3, -0.25) is 14.2 Å². The third kappa shape index (κ3) is 4.89. The lowest BCUT2D eigenvalue weighted by Crippen LogP contribution is -2.26. The zero-order valence-electron chi connectivity index (χ0n) is 18.3. The molecule has 0 saturated carbocycles. The molecule has 4 aromatic rings. The molecule has 33 heavy (non-hydrogen) atoms. The Kier molecular flexibility index (Phi) is 6.72. The van der Waals surface area contributed by atoms with Crippen LogP contribution in [0.15, 0.2) is 76.7 Å². The van der Waals surface area contributed by atoms with Crippen molar-refractivity contribution in [3.63, 3.8) is 0 Å². The van der Waals surface area contributed by atoms with E-state index < -0.39 is 5.25 Å². The molecular weight excluding hydrogens is 458 g/mol. The number of amides is 1. The Morgan fingerprint density at radius 1 is 1.12 bits per heavy atom. The van der Waals surface area contributed by atoms with Crippen LogP contribution in [-0.2, 0) is 4.79 Å². The minimum absolute atomic E-state index is 0.213. The SMILES string of the molecule is COc1cccc(-n2c(SC(C)C(=O)Nc3cc(Cl)ccc3C)nc3ccccc3c2=O)c1. The van der Waals surface area contributed by atoms with Gasteiger partial charge in [0.15, 0.2) is 5.16 Å². The summed E-state index contributed by atoms with van der Waals surface area (Å²) in [7, 11) is 1.57. The van der Waals surface area contributed by atoms with Gasteiger partial charge in [0.25, 0.3) is 5.56 Å². The highest BCUT2D eigenvalue weighted by Gasteiger charge is 2.21. The molecule has 1 heterocycles. The Hall–Kier alpha value is -3.29. The van der Waals surface area contributed by atoms with Gasteiger partial charge < -0.3 is 10.1 Å². The number of halogens is 1. The summed E-state index contributed by atoms with van der Waals surface area (Å²) in [5.74, 6) is 0.399. The average molecular weight is 480 g/mol. The fourth-order valence-corrected chi connectivity index (χ4v) is 4.44. The van der Waals surface area contributed by atoms with Crippen molar-refractivity contribution in [2.75, 3.05) is 12.4 Å². The van der Waals surface area contributed by atoms with Crippen molar-refractivity contribution in [3.8, 4) is 11.4 Å². The van der Waals surface area contributed by atoms with Gasteiger partial charge in [-0.05, 0) is 55.8 Å². The molecule has 0 aliphatic heterocycles. The van der Waals surface area contributed by atoms with Crippen LogP contribution >= 0.6 is 23.4 Å². The molecule has 0 fully saturated rings. The molecule has 8 heteroatoms. The number of aryl methyl sites for hydroxylation is 1. The summed E-state index contributed by atoms with van der Waals surface area (Å²) in [6, 6.07) is 19.7. The number of carbonyl (C=O) groups is 1. The Morgan fingerprint density at radius 3 is 2.70 bits per heavy atom. The van der Waals surface area contributed by atoms with E-state index in [0.29, 0.717) is 38.2 Å². The summed E-state index contributed by atoms with van der Waals surface area (Å²) in [5, 5.41) is 3.84. The lowest BCUT2D eigenvalue weighted by molar-refractivity contribution is -0.115. The molecule has 1 N–H and O–H groups in total. The molecule has 4 rings (SSSR count). The molecule has 0 radical (unpaired) electrons. The zero-order valence-corrected chi connectivity index (χ0v) is 19.9. The van der Waals surface area contributed by atoms with Crippen molar-refractivity contribution in [1.29, 1.82) is 0 Å². The number of aromatic nitrogens is 2. The first kappa shape index (κ1) is 22.9. The molecule has 3 aromatic carbocycles. The third-order valence-electron chi connectivity index (χ3n) is 5.17. The number of nitrogens with zero attached hydrogens (tertiary/aromatic N) is 2. The van der Waals surface area contributed by atoms with Gasteiger partial charge in [0, 0.05) is 16.8 Å². The van der Waals surface area contributed by atoms with E-state index in [2.05, 4.69) is 5.32 Å². The van der Waals surface area contributed by atoms with E-state index in [0.717, 1.165) is 5.56 Å². The number of hydrogen-bond donors (Lipinski definition) is 1. The highest BCUT2D eigenvalue weighted by atomic mass is 35.5. The van der Waals surface area contributed by atoms with E-state index in [1.807, 2.05) is 31.2 Å². The molecule has 1 atom stereocenters. The lowest BCUT2D eigenvalue weighted by atomic mass is 10.2. The van der Waals surface area contributed by atoms with Crippen LogP contribution in [0.2, 0.25) is 5.02 Å². The van der Waals surface area contributed by atoms with Crippen LogP contribution in [0.1, 0.15) is 12.5 Å². The molecular formula is C25H22ClN3O3S. The predicted molar refractivity (Wildman–Crippen MR) is 134 cm³/mol. The second kappa shape index (κ2) is 9.68. The fraction of sp³-hybridized carbons (Fsp3) is 0.160. The van der Waals surface area contributed by atoms with Crippen LogP contribution in [0.5, 0.6) is 5.75 Å². The van der Waals surface area contributed by atoms with Crippen molar-refractivity contribution < 1.29 is 9.53 Å². The first-order valence-corrected chi connectivity index (χ1v) is 11.5. The van der Waals surface area contributed by atoms with E-state index in [-0.39, 0.29) is 11.5 Å². The maximum atomic E-state index is 13.4. The average Bonchev–Trinajstić information content (AvgIpc) is 2.81. The van der Waals surface area contributed by atoms with Crippen molar-refractivity contribution >= 4 is 45.9 Å². The molecule has 0 spiro atoms. The van der Waals surface area contributed by atoms with Crippen LogP contribution in [0.3, 0.4) is 0 Å². The summed E-state index contributed by atoms with van der Waals surface area (Å²) in [6.45, 7) is 3.67. The number of anilines is 1. The van der Waals surface area contributed by atoms with Gasteiger partial charge in [-0.25, -0.2) is 4.98 Å². The Labute approximate surface area is 200 Å². The number of benzene rings is 3. The highest BCUT2D eigenvalue weighted by Crippen LogP contribution is 2.28. The minimum Gasteiger partial charge on any atom is -0.497 e.